The monoisotopic (exact) mass is 214 g/mol. The molecule has 2 saturated heterocycles. The maximum Gasteiger partial charge on any atom is 0.0864 e. The van der Waals surface area contributed by atoms with E-state index in [1.165, 1.54) is 0 Å². The topological polar surface area (TPSA) is 47.7 Å². The van der Waals surface area contributed by atoms with Crippen molar-refractivity contribution in [3.05, 3.63) is 0 Å². The summed E-state index contributed by atoms with van der Waals surface area (Å²) in [6.07, 6.45) is 2.52. The number of nitrogens with zero attached hydrogens (tertiary/aromatic N) is 1. The predicted octanol–water partition coefficient (Wildman–Crippen LogP) is 0.213. The summed E-state index contributed by atoms with van der Waals surface area (Å²) in [6.45, 7) is 6.57. The molecular weight excluding hydrogens is 192 g/mol. The summed E-state index contributed by atoms with van der Waals surface area (Å²) in [5.41, 5.74) is 6.06. The van der Waals surface area contributed by atoms with Gasteiger partial charge in [0.25, 0.3) is 0 Å². The summed E-state index contributed by atoms with van der Waals surface area (Å²) in [4.78, 5) is 2.48. The zero-order valence-corrected chi connectivity index (χ0v) is 9.52. The van der Waals surface area contributed by atoms with Gasteiger partial charge in [0.2, 0.25) is 0 Å². The lowest BCUT2D eigenvalue weighted by Crippen LogP contribution is -2.39. The fourth-order valence-electron chi connectivity index (χ4n) is 2.57. The zero-order chi connectivity index (χ0) is 10.7. The van der Waals surface area contributed by atoms with Crippen LogP contribution in [0.1, 0.15) is 19.8 Å². The van der Waals surface area contributed by atoms with Crippen LogP contribution < -0.4 is 5.73 Å². The second kappa shape index (κ2) is 5.25. The molecule has 2 aliphatic rings. The summed E-state index contributed by atoms with van der Waals surface area (Å²) in [7, 11) is 0. The van der Waals surface area contributed by atoms with Gasteiger partial charge in [-0.15, -0.1) is 0 Å². The molecule has 88 valence electrons. The lowest BCUT2D eigenvalue weighted by Gasteiger charge is -2.30. The lowest BCUT2D eigenvalue weighted by molar-refractivity contribution is 0.0270. The van der Waals surface area contributed by atoms with E-state index in [1.54, 1.807) is 0 Å². The fourth-order valence-corrected chi connectivity index (χ4v) is 2.57. The van der Waals surface area contributed by atoms with Crippen molar-refractivity contribution in [2.75, 3.05) is 32.9 Å². The predicted molar refractivity (Wildman–Crippen MR) is 58.8 cm³/mol. The Labute approximate surface area is 91.7 Å². The van der Waals surface area contributed by atoms with E-state index >= 15 is 0 Å². The van der Waals surface area contributed by atoms with Crippen LogP contribution >= 0.6 is 0 Å². The minimum Gasteiger partial charge on any atom is -0.381 e. The second-order valence-electron chi connectivity index (χ2n) is 4.46. The van der Waals surface area contributed by atoms with E-state index < -0.39 is 0 Å². The molecule has 2 aliphatic heterocycles. The SMILES string of the molecule is CCO[C@@H]1CN(C2CCOCC2)C[C@H]1N. The Hall–Kier alpha value is -0.160. The van der Waals surface area contributed by atoms with E-state index in [2.05, 4.69) is 4.90 Å². The van der Waals surface area contributed by atoms with Gasteiger partial charge in [0.05, 0.1) is 6.10 Å². The Morgan fingerprint density at radius 1 is 1.33 bits per heavy atom. The van der Waals surface area contributed by atoms with Gasteiger partial charge in [-0.2, -0.15) is 0 Å². The molecule has 0 aliphatic carbocycles. The first-order valence-corrected chi connectivity index (χ1v) is 6.00. The van der Waals surface area contributed by atoms with Crippen molar-refractivity contribution in [2.24, 2.45) is 5.73 Å². The van der Waals surface area contributed by atoms with Gasteiger partial charge < -0.3 is 15.2 Å². The van der Waals surface area contributed by atoms with Crippen LogP contribution in [-0.2, 0) is 9.47 Å². The molecule has 0 radical (unpaired) electrons. The molecule has 2 atom stereocenters. The van der Waals surface area contributed by atoms with Gasteiger partial charge in [0, 0.05) is 45.0 Å². The number of hydrogen-bond acceptors (Lipinski definition) is 4. The van der Waals surface area contributed by atoms with Crippen LogP contribution in [0.4, 0.5) is 0 Å². The van der Waals surface area contributed by atoms with Gasteiger partial charge in [-0.3, -0.25) is 4.90 Å². The van der Waals surface area contributed by atoms with E-state index in [9.17, 15) is 0 Å². The number of hydrogen-bond donors (Lipinski definition) is 1. The molecule has 0 unspecified atom stereocenters. The molecule has 0 bridgehead atoms. The number of nitrogens with two attached hydrogens (primary N) is 1. The van der Waals surface area contributed by atoms with Crippen molar-refractivity contribution >= 4 is 0 Å². The first-order chi connectivity index (χ1) is 7.31. The molecule has 4 nitrogen and oxygen atoms in total. The van der Waals surface area contributed by atoms with Crippen LogP contribution in [0, 0.1) is 0 Å². The molecule has 0 saturated carbocycles. The molecule has 0 aromatic rings. The van der Waals surface area contributed by atoms with E-state index in [0.29, 0.717) is 6.04 Å². The second-order valence-corrected chi connectivity index (χ2v) is 4.46. The standard InChI is InChI=1S/C11H22N2O2/c1-2-15-11-8-13(7-10(11)12)9-3-5-14-6-4-9/h9-11H,2-8,12H2,1H3/t10-,11-/m1/s1. The van der Waals surface area contributed by atoms with Crippen LogP contribution in [0.2, 0.25) is 0 Å². The van der Waals surface area contributed by atoms with E-state index in [-0.39, 0.29) is 12.1 Å². The summed E-state index contributed by atoms with van der Waals surface area (Å²) in [5.74, 6) is 0. The average Bonchev–Trinajstić information content (AvgIpc) is 2.63. The molecule has 2 heterocycles. The van der Waals surface area contributed by atoms with Crippen LogP contribution in [-0.4, -0.2) is 56.0 Å². The third-order valence-electron chi connectivity index (χ3n) is 3.43. The summed E-state index contributed by atoms with van der Waals surface area (Å²) in [5, 5.41) is 0. The van der Waals surface area contributed by atoms with Gasteiger partial charge in [0.15, 0.2) is 0 Å². The van der Waals surface area contributed by atoms with Crippen LogP contribution in [0.25, 0.3) is 0 Å². The highest BCUT2D eigenvalue weighted by atomic mass is 16.5. The van der Waals surface area contributed by atoms with E-state index in [4.69, 9.17) is 15.2 Å². The number of rotatable bonds is 3. The Bertz CT molecular complexity index is 195. The van der Waals surface area contributed by atoms with Gasteiger partial charge in [0.1, 0.15) is 0 Å². The zero-order valence-electron chi connectivity index (χ0n) is 9.52. The van der Waals surface area contributed by atoms with Crippen molar-refractivity contribution < 1.29 is 9.47 Å². The summed E-state index contributed by atoms with van der Waals surface area (Å²) < 4.78 is 11.0. The van der Waals surface area contributed by atoms with Crippen LogP contribution in [0.5, 0.6) is 0 Å². The van der Waals surface area contributed by atoms with Crippen LogP contribution in [0.3, 0.4) is 0 Å². The molecule has 2 N–H and O–H groups in total. The minimum atomic E-state index is 0.188. The Balaban J connectivity index is 1.84. The number of likely N-dealkylation sites (tertiary alicyclic amines) is 1. The molecule has 15 heavy (non-hydrogen) atoms. The van der Waals surface area contributed by atoms with Gasteiger partial charge in [-0.25, -0.2) is 0 Å². The lowest BCUT2D eigenvalue weighted by atomic mass is 10.1. The first-order valence-electron chi connectivity index (χ1n) is 6.00. The van der Waals surface area contributed by atoms with Gasteiger partial charge >= 0.3 is 0 Å². The summed E-state index contributed by atoms with van der Waals surface area (Å²) >= 11 is 0. The molecule has 0 amide bonds. The Morgan fingerprint density at radius 3 is 2.73 bits per heavy atom. The highest BCUT2D eigenvalue weighted by molar-refractivity contribution is 4.91. The Morgan fingerprint density at radius 2 is 2.07 bits per heavy atom. The van der Waals surface area contributed by atoms with Crippen molar-refractivity contribution in [3.63, 3.8) is 0 Å². The average molecular weight is 214 g/mol. The maximum absolute atomic E-state index is 6.06. The van der Waals surface area contributed by atoms with E-state index in [0.717, 1.165) is 45.8 Å². The molecular formula is C11H22N2O2. The highest BCUT2D eigenvalue weighted by Crippen LogP contribution is 2.21. The van der Waals surface area contributed by atoms with Gasteiger partial charge in [-0.05, 0) is 19.8 Å². The molecule has 0 spiro atoms. The third-order valence-corrected chi connectivity index (χ3v) is 3.43. The fraction of sp³-hybridized carbons (Fsp3) is 1.00. The molecule has 0 aromatic carbocycles. The highest BCUT2D eigenvalue weighted by Gasteiger charge is 2.34. The molecule has 4 heteroatoms. The van der Waals surface area contributed by atoms with Crippen molar-refractivity contribution in [1.82, 2.24) is 4.90 Å². The smallest absolute Gasteiger partial charge is 0.0864 e. The van der Waals surface area contributed by atoms with E-state index in [1.807, 2.05) is 6.92 Å². The van der Waals surface area contributed by atoms with Crippen LogP contribution in [0.15, 0.2) is 0 Å². The van der Waals surface area contributed by atoms with Crippen molar-refractivity contribution in [2.45, 2.75) is 38.0 Å². The van der Waals surface area contributed by atoms with Crippen molar-refractivity contribution in [1.29, 1.82) is 0 Å². The number of ether oxygens (including phenoxy) is 2. The first kappa shape index (κ1) is 11.3. The third kappa shape index (κ3) is 2.69. The molecule has 2 fully saturated rings. The maximum atomic E-state index is 6.06. The van der Waals surface area contributed by atoms with Crippen molar-refractivity contribution in [3.8, 4) is 0 Å². The molecule has 0 aromatic heterocycles. The minimum absolute atomic E-state index is 0.188. The molecule has 2 rings (SSSR count). The normalized spacial score (nSPS) is 34.8. The summed E-state index contributed by atoms with van der Waals surface area (Å²) in [6, 6.07) is 0.850. The van der Waals surface area contributed by atoms with Gasteiger partial charge in [-0.1, -0.05) is 0 Å². The quantitative estimate of drug-likeness (QED) is 0.730. The Kier molecular flexibility index (Phi) is 3.97. The largest absolute Gasteiger partial charge is 0.381 e.